The molecule has 1 aliphatic heterocycles. The number of hydrogen-bond donors (Lipinski definition) is 0. The van der Waals surface area contributed by atoms with Crippen LogP contribution in [0.1, 0.15) is 30.3 Å². The van der Waals surface area contributed by atoms with E-state index < -0.39 is 0 Å². The first kappa shape index (κ1) is 21.2. The van der Waals surface area contributed by atoms with Gasteiger partial charge in [-0.15, -0.1) is 0 Å². The van der Waals surface area contributed by atoms with Gasteiger partial charge in [0.25, 0.3) is 0 Å². The summed E-state index contributed by atoms with van der Waals surface area (Å²) in [6.07, 6.45) is 1.97. The maximum Gasteiger partial charge on any atom is 0.227 e. The van der Waals surface area contributed by atoms with Crippen molar-refractivity contribution in [3.05, 3.63) is 84.0 Å². The number of anilines is 1. The van der Waals surface area contributed by atoms with E-state index in [-0.39, 0.29) is 24.2 Å². The minimum Gasteiger partial charge on any atom is -0.438 e. The molecule has 5 rings (SSSR count). The van der Waals surface area contributed by atoms with Gasteiger partial charge >= 0.3 is 0 Å². The Morgan fingerprint density at radius 2 is 1.79 bits per heavy atom. The van der Waals surface area contributed by atoms with E-state index in [1.807, 2.05) is 37.2 Å². The smallest absolute Gasteiger partial charge is 0.227 e. The van der Waals surface area contributed by atoms with Crippen LogP contribution in [-0.4, -0.2) is 36.4 Å². The molecule has 1 aromatic heterocycles. The van der Waals surface area contributed by atoms with Crippen LogP contribution in [0.4, 0.5) is 10.1 Å². The third kappa shape index (κ3) is 4.33. The van der Waals surface area contributed by atoms with Gasteiger partial charge in [0.05, 0.1) is 6.42 Å². The van der Waals surface area contributed by atoms with E-state index in [9.17, 15) is 9.18 Å². The lowest BCUT2D eigenvalue weighted by Crippen LogP contribution is -2.32. The first-order chi connectivity index (χ1) is 16.0. The largest absolute Gasteiger partial charge is 0.438 e. The standard InChI is InChI=1S/C27H26FN3O2/c1-30(2)22-12-7-19(8-13-22)20-9-14-25-23(17-20)29-27(33-25)24-4-3-15-31(24)26(32)16-18-5-10-21(28)11-6-18/h5-14,17,24H,3-4,15-16H2,1-2H3/t24-/m1/s1. The molecule has 0 spiro atoms. The highest BCUT2D eigenvalue weighted by Crippen LogP contribution is 2.35. The second-order valence-corrected chi connectivity index (χ2v) is 8.72. The number of likely N-dealkylation sites (tertiary alicyclic amines) is 1. The first-order valence-electron chi connectivity index (χ1n) is 11.2. The van der Waals surface area contributed by atoms with Gasteiger partial charge in [-0.25, -0.2) is 9.37 Å². The molecule has 4 aromatic rings. The number of amides is 1. The molecular weight excluding hydrogens is 417 g/mol. The maximum absolute atomic E-state index is 13.2. The summed E-state index contributed by atoms with van der Waals surface area (Å²) in [5, 5.41) is 0. The Bertz CT molecular complexity index is 1280. The van der Waals surface area contributed by atoms with E-state index in [1.165, 1.54) is 12.1 Å². The van der Waals surface area contributed by atoms with Crippen molar-refractivity contribution < 1.29 is 13.6 Å². The molecule has 0 unspecified atom stereocenters. The minimum absolute atomic E-state index is 0.00744. The fourth-order valence-electron chi connectivity index (χ4n) is 4.42. The van der Waals surface area contributed by atoms with E-state index in [2.05, 4.69) is 29.2 Å². The Morgan fingerprint density at radius 3 is 2.52 bits per heavy atom. The summed E-state index contributed by atoms with van der Waals surface area (Å²) >= 11 is 0. The third-order valence-electron chi connectivity index (χ3n) is 6.25. The Kier molecular flexibility index (Phi) is 5.58. The molecule has 3 aromatic carbocycles. The zero-order valence-corrected chi connectivity index (χ0v) is 18.8. The molecule has 1 amide bonds. The Balaban J connectivity index is 1.37. The molecule has 0 saturated carbocycles. The molecule has 1 atom stereocenters. The molecule has 1 fully saturated rings. The lowest BCUT2D eigenvalue weighted by atomic mass is 10.0. The average Bonchev–Trinajstić information content (AvgIpc) is 3.47. The number of hydrogen-bond acceptors (Lipinski definition) is 4. The van der Waals surface area contributed by atoms with Crippen LogP contribution in [0, 0.1) is 5.82 Å². The molecule has 0 radical (unpaired) electrons. The van der Waals surface area contributed by atoms with Crippen LogP contribution in [0.5, 0.6) is 0 Å². The molecule has 1 aliphatic rings. The second-order valence-electron chi connectivity index (χ2n) is 8.72. The van der Waals surface area contributed by atoms with Crippen molar-refractivity contribution in [2.45, 2.75) is 25.3 Å². The highest BCUT2D eigenvalue weighted by Gasteiger charge is 2.33. The summed E-state index contributed by atoms with van der Waals surface area (Å²) < 4.78 is 19.3. The second kappa shape index (κ2) is 8.70. The van der Waals surface area contributed by atoms with Crippen LogP contribution in [-0.2, 0) is 11.2 Å². The molecule has 1 saturated heterocycles. The number of carbonyl (C=O) groups is 1. The van der Waals surface area contributed by atoms with Crippen LogP contribution >= 0.6 is 0 Å². The fraction of sp³-hybridized carbons (Fsp3) is 0.259. The number of benzene rings is 3. The average molecular weight is 444 g/mol. The number of oxazole rings is 1. The van der Waals surface area contributed by atoms with E-state index in [0.717, 1.165) is 46.3 Å². The van der Waals surface area contributed by atoms with E-state index in [4.69, 9.17) is 9.40 Å². The molecular formula is C27H26FN3O2. The monoisotopic (exact) mass is 443 g/mol. The van der Waals surface area contributed by atoms with Gasteiger partial charge < -0.3 is 14.2 Å². The lowest BCUT2D eigenvalue weighted by molar-refractivity contribution is -0.131. The minimum atomic E-state index is -0.301. The SMILES string of the molecule is CN(C)c1ccc(-c2ccc3oc([C@H]4CCCN4C(=O)Cc4ccc(F)cc4)nc3c2)cc1. The van der Waals surface area contributed by atoms with Crippen molar-refractivity contribution in [1.82, 2.24) is 9.88 Å². The summed E-state index contributed by atoms with van der Waals surface area (Å²) in [6.45, 7) is 0.674. The normalized spacial score (nSPS) is 15.8. The van der Waals surface area contributed by atoms with Crippen molar-refractivity contribution in [3.8, 4) is 11.1 Å². The Morgan fingerprint density at radius 1 is 1.06 bits per heavy atom. The molecule has 6 heteroatoms. The lowest BCUT2D eigenvalue weighted by Gasteiger charge is -2.22. The van der Waals surface area contributed by atoms with Crippen LogP contribution in [0.25, 0.3) is 22.2 Å². The summed E-state index contributed by atoms with van der Waals surface area (Å²) in [6, 6.07) is 20.3. The van der Waals surface area contributed by atoms with Crippen molar-refractivity contribution in [1.29, 1.82) is 0 Å². The molecule has 0 aliphatic carbocycles. The zero-order chi connectivity index (χ0) is 22.9. The predicted octanol–water partition coefficient (Wildman–Crippen LogP) is 5.61. The van der Waals surface area contributed by atoms with Gasteiger partial charge in [0.2, 0.25) is 11.8 Å². The van der Waals surface area contributed by atoms with Gasteiger partial charge in [-0.3, -0.25) is 4.79 Å². The van der Waals surface area contributed by atoms with Crippen molar-refractivity contribution in [3.63, 3.8) is 0 Å². The number of aromatic nitrogens is 1. The van der Waals surface area contributed by atoms with Crippen molar-refractivity contribution >= 4 is 22.7 Å². The first-order valence-corrected chi connectivity index (χ1v) is 11.2. The summed E-state index contributed by atoms with van der Waals surface area (Å²) in [7, 11) is 4.05. The van der Waals surface area contributed by atoms with Gasteiger partial charge in [-0.2, -0.15) is 0 Å². The van der Waals surface area contributed by atoms with Gasteiger partial charge in [0.1, 0.15) is 17.4 Å². The van der Waals surface area contributed by atoms with Gasteiger partial charge in [0.15, 0.2) is 5.58 Å². The zero-order valence-electron chi connectivity index (χ0n) is 18.8. The summed E-state index contributed by atoms with van der Waals surface area (Å²) in [5.74, 6) is 0.285. The topological polar surface area (TPSA) is 49.6 Å². The Hall–Kier alpha value is -3.67. The van der Waals surface area contributed by atoms with Gasteiger partial charge in [-0.05, 0) is 65.9 Å². The van der Waals surface area contributed by atoms with Crippen LogP contribution < -0.4 is 4.90 Å². The number of halogens is 1. The number of fused-ring (bicyclic) bond motifs is 1. The van der Waals surface area contributed by atoms with E-state index in [1.54, 1.807) is 12.1 Å². The number of carbonyl (C=O) groups excluding carboxylic acids is 1. The molecule has 5 nitrogen and oxygen atoms in total. The molecule has 0 bridgehead atoms. The van der Waals surface area contributed by atoms with Crippen LogP contribution in [0.3, 0.4) is 0 Å². The van der Waals surface area contributed by atoms with Crippen molar-refractivity contribution in [2.24, 2.45) is 0 Å². The van der Waals surface area contributed by atoms with Crippen molar-refractivity contribution in [2.75, 3.05) is 25.5 Å². The van der Waals surface area contributed by atoms with E-state index in [0.29, 0.717) is 12.4 Å². The predicted molar refractivity (Wildman–Crippen MR) is 128 cm³/mol. The third-order valence-corrected chi connectivity index (χ3v) is 6.25. The number of rotatable bonds is 5. The quantitative estimate of drug-likeness (QED) is 0.403. The maximum atomic E-state index is 13.2. The number of nitrogens with zero attached hydrogens (tertiary/aromatic N) is 3. The van der Waals surface area contributed by atoms with Crippen LogP contribution in [0.2, 0.25) is 0 Å². The highest BCUT2D eigenvalue weighted by atomic mass is 19.1. The van der Waals surface area contributed by atoms with E-state index >= 15 is 0 Å². The fourth-order valence-corrected chi connectivity index (χ4v) is 4.42. The highest BCUT2D eigenvalue weighted by molar-refractivity contribution is 5.82. The van der Waals surface area contributed by atoms with Gasteiger partial charge in [-0.1, -0.05) is 30.3 Å². The summed E-state index contributed by atoms with van der Waals surface area (Å²) in [4.78, 5) is 21.6. The van der Waals surface area contributed by atoms with Gasteiger partial charge in [0, 0.05) is 26.3 Å². The summed E-state index contributed by atoms with van der Waals surface area (Å²) in [5.41, 5.74) is 5.64. The molecule has 33 heavy (non-hydrogen) atoms. The Labute approximate surface area is 192 Å². The molecule has 168 valence electrons. The van der Waals surface area contributed by atoms with Crippen LogP contribution in [0.15, 0.2) is 71.1 Å². The molecule has 2 heterocycles. The molecule has 0 N–H and O–H groups in total.